The zero-order chi connectivity index (χ0) is 11.5. The van der Waals surface area contributed by atoms with Crippen molar-refractivity contribution in [1.29, 1.82) is 0 Å². The van der Waals surface area contributed by atoms with Crippen LogP contribution < -0.4 is 0 Å². The molecule has 0 N–H and O–H groups in total. The van der Waals surface area contributed by atoms with Gasteiger partial charge in [-0.1, -0.05) is 13.0 Å². The standard InChI is InChI=1S/C11H17NO3/c1-9(8-10(2)13)11(12(14)15)6-4-3-5-7-11/h4,6,9H,3,5,7-8H2,1-2H3/t9?,11-/m0/s1. The highest BCUT2D eigenvalue weighted by atomic mass is 16.6. The summed E-state index contributed by atoms with van der Waals surface area (Å²) in [6.45, 7) is 3.27. The number of hydrogen-bond donors (Lipinski definition) is 0. The van der Waals surface area contributed by atoms with Crippen LogP contribution in [0.2, 0.25) is 0 Å². The molecule has 0 saturated heterocycles. The predicted molar refractivity (Wildman–Crippen MR) is 57.2 cm³/mol. The van der Waals surface area contributed by atoms with Crippen molar-refractivity contribution in [3.63, 3.8) is 0 Å². The molecule has 0 radical (unpaired) electrons. The van der Waals surface area contributed by atoms with E-state index in [9.17, 15) is 14.9 Å². The van der Waals surface area contributed by atoms with Gasteiger partial charge in [0, 0.05) is 23.7 Å². The summed E-state index contributed by atoms with van der Waals surface area (Å²) in [4.78, 5) is 21.9. The number of Topliss-reactive ketones (excluding diaryl/α,β-unsaturated/α-hetero) is 1. The first-order chi connectivity index (χ1) is 6.99. The molecule has 1 aliphatic rings. The van der Waals surface area contributed by atoms with Crippen LogP contribution in [-0.2, 0) is 4.79 Å². The molecule has 1 rings (SSSR count). The van der Waals surface area contributed by atoms with Crippen LogP contribution in [0.5, 0.6) is 0 Å². The maximum Gasteiger partial charge on any atom is 0.243 e. The van der Waals surface area contributed by atoms with Crippen molar-refractivity contribution in [2.75, 3.05) is 0 Å². The molecule has 84 valence electrons. The number of ketones is 1. The van der Waals surface area contributed by atoms with Gasteiger partial charge in [-0.2, -0.15) is 0 Å². The van der Waals surface area contributed by atoms with Gasteiger partial charge < -0.3 is 4.79 Å². The normalized spacial score (nSPS) is 27.3. The van der Waals surface area contributed by atoms with Crippen LogP contribution in [0, 0.1) is 16.0 Å². The number of nitrogens with zero attached hydrogens (tertiary/aromatic N) is 1. The Labute approximate surface area is 89.5 Å². The minimum atomic E-state index is -1.01. The van der Waals surface area contributed by atoms with Crippen molar-refractivity contribution in [2.45, 2.75) is 45.1 Å². The SMILES string of the molecule is CC(=O)CC(C)[C@]1([N+](=O)[O-])C=CCCC1. The Morgan fingerprint density at radius 2 is 2.33 bits per heavy atom. The second kappa shape index (κ2) is 4.55. The minimum absolute atomic E-state index is 0.0164. The average Bonchev–Trinajstić information content (AvgIpc) is 2.17. The lowest BCUT2D eigenvalue weighted by molar-refractivity contribution is -0.567. The highest BCUT2D eigenvalue weighted by Crippen LogP contribution is 2.34. The second-order valence-corrected chi connectivity index (χ2v) is 4.35. The molecule has 1 unspecified atom stereocenters. The molecular weight excluding hydrogens is 194 g/mol. The number of hydrogen-bond acceptors (Lipinski definition) is 3. The lowest BCUT2D eigenvalue weighted by atomic mass is 9.76. The number of rotatable bonds is 4. The van der Waals surface area contributed by atoms with Gasteiger partial charge in [0.05, 0.1) is 0 Å². The summed E-state index contributed by atoms with van der Waals surface area (Å²) in [7, 11) is 0. The summed E-state index contributed by atoms with van der Waals surface area (Å²) in [5.41, 5.74) is -1.01. The summed E-state index contributed by atoms with van der Waals surface area (Å²) in [6.07, 6.45) is 6.12. The Morgan fingerprint density at radius 3 is 2.73 bits per heavy atom. The van der Waals surface area contributed by atoms with Crippen LogP contribution in [-0.4, -0.2) is 16.2 Å². The van der Waals surface area contributed by atoms with E-state index in [2.05, 4.69) is 0 Å². The largest absolute Gasteiger partial charge is 0.300 e. The maximum absolute atomic E-state index is 11.1. The van der Waals surface area contributed by atoms with Crippen molar-refractivity contribution < 1.29 is 9.72 Å². The second-order valence-electron chi connectivity index (χ2n) is 4.35. The van der Waals surface area contributed by atoms with Crippen LogP contribution in [0.1, 0.15) is 39.5 Å². The van der Waals surface area contributed by atoms with E-state index in [-0.39, 0.29) is 23.0 Å². The number of carbonyl (C=O) groups excluding carboxylic acids is 1. The number of carbonyl (C=O) groups is 1. The lowest BCUT2D eigenvalue weighted by Gasteiger charge is -2.29. The minimum Gasteiger partial charge on any atom is -0.300 e. The van der Waals surface area contributed by atoms with Crippen molar-refractivity contribution in [3.05, 3.63) is 22.3 Å². The fraction of sp³-hybridized carbons (Fsp3) is 0.727. The summed E-state index contributed by atoms with van der Waals surface area (Å²) in [6, 6.07) is 0. The van der Waals surface area contributed by atoms with Crippen LogP contribution in [0.4, 0.5) is 0 Å². The number of allylic oxidation sites excluding steroid dienone is 1. The molecule has 0 bridgehead atoms. The van der Waals surface area contributed by atoms with Gasteiger partial charge in [0.15, 0.2) is 0 Å². The van der Waals surface area contributed by atoms with Crippen molar-refractivity contribution in [3.8, 4) is 0 Å². The zero-order valence-corrected chi connectivity index (χ0v) is 9.23. The lowest BCUT2D eigenvalue weighted by Crippen LogP contribution is -2.44. The molecule has 0 amide bonds. The Kier molecular flexibility index (Phi) is 3.61. The van der Waals surface area contributed by atoms with Gasteiger partial charge >= 0.3 is 0 Å². The predicted octanol–water partition coefficient (Wildman–Crippen LogP) is 2.36. The molecule has 0 fully saturated rings. The van der Waals surface area contributed by atoms with Crippen molar-refractivity contribution in [2.24, 2.45) is 5.92 Å². The van der Waals surface area contributed by atoms with Gasteiger partial charge in [-0.15, -0.1) is 0 Å². The molecule has 0 aromatic rings. The fourth-order valence-electron chi connectivity index (χ4n) is 2.22. The maximum atomic E-state index is 11.1. The van der Waals surface area contributed by atoms with Crippen LogP contribution in [0.15, 0.2) is 12.2 Å². The van der Waals surface area contributed by atoms with E-state index in [1.807, 2.05) is 6.08 Å². The van der Waals surface area contributed by atoms with Gasteiger partial charge in [-0.05, 0) is 25.8 Å². The summed E-state index contributed by atoms with van der Waals surface area (Å²) in [5, 5.41) is 11.1. The fourth-order valence-corrected chi connectivity index (χ4v) is 2.22. The van der Waals surface area contributed by atoms with E-state index in [4.69, 9.17) is 0 Å². The Hall–Kier alpha value is -1.19. The van der Waals surface area contributed by atoms with Gasteiger partial charge in [-0.3, -0.25) is 10.1 Å². The third-order valence-electron chi connectivity index (χ3n) is 3.14. The first-order valence-corrected chi connectivity index (χ1v) is 5.30. The molecule has 0 spiro atoms. The monoisotopic (exact) mass is 211 g/mol. The van der Waals surface area contributed by atoms with Gasteiger partial charge in [-0.25, -0.2) is 0 Å². The first kappa shape index (κ1) is 11.9. The molecule has 0 heterocycles. The quantitative estimate of drug-likeness (QED) is 0.407. The van der Waals surface area contributed by atoms with Crippen LogP contribution in [0.25, 0.3) is 0 Å². The van der Waals surface area contributed by atoms with E-state index >= 15 is 0 Å². The molecule has 0 aromatic heterocycles. The third kappa shape index (κ3) is 2.43. The molecule has 0 aliphatic heterocycles. The van der Waals surface area contributed by atoms with E-state index in [1.165, 1.54) is 6.92 Å². The molecule has 0 aromatic carbocycles. The first-order valence-electron chi connectivity index (χ1n) is 5.30. The molecule has 2 atom stereocenters. The van der Waals surface area contributed by atoms with E-state index < -0.39 is 5.54 Å². The van der Waals surface area contributed by atoms with Gasteiger partial charge in [0.2, 0.25) is 5.54 Å². The smallest absolute Gasteiger partial charge is 0.243 e. The van der Waals surface area contributed by atoms with Crippen LogP contribution >= 0.6 is 0 Å². The van der Waals surface area contributed by atoms with Crippen LogP contribution in [0.3, 0.4) is 0 Å². The van der Waals surface area contributed by atoms with Crippen molar-refractivity contribution in [1.82, 2.24) is 0 Å². The Bertz CT molecular complexity index is 298. The summed E-state index contributed by atoms with van der Waals surface area (Å²) < 4.78 is 0. The zero-order valence-electron chi connectivity index (χ0n) is 9.23. The van der Waals surface area contributed by atoms with Gasteiger partial charge in [0.1, 0.15) is 5.78 Å². The molecule has 1 aliphatic carbocycles. The summed E-state index contributed by atoms with van der Waals surface area (Å²) >= 11 is 0. The number of nitro groups is 1. The highest BCUT2D eigenvalue weighted by molar-refractivity contribution is 5.75. The third-order valence-corrected chi connectivity index (χ3v) is 3.14. The Balaban J connectivity index is 2.90. The average molecular weight is 211 g/mol. The molecule has 4 nitrogen and oxygen atoms in total. The molecule has 15 heavy (non-hydrogen) atoms. The molecular formula is C11H17NO3. The summed E-state index contributed by atoms with van der Waals surface area (Å²) in [5.74, 6) is -0.204. The van der Waals surface area contributed by atoms with Gasteiger partial charge in [0.25, 0.3) is 0 Å². The topological polar surface area (TPSA) is 60.2 Å². The molecule has 4 heteroatoms. The molecule has 0 saturated carbocycles. The van der Waals surface area contributed by atoms with Crippen molar-refractivity contribution >= 4 is 5.78 Å². The highest BCUT2D eigenvalue weighted by Gasteiger charge is 2.46. The Morgan fingerprint density at radius 1 is 1.67 bits per heavy atom. The van der Waals surface area contributed by atoms with E-state index in [0.717, 1.165) is 12.8 Å². The van der Waals surface area contributed by atoms with E-state index in [1.54, 1.807) is 13.0 Å². The van der Waals surface area contributed by atoms with E-state index in [0.29, 0.717) is 6.42 Å².